The molecule has 2 aliphatic rings. The number of aryl methyl sites for hydroxylation is 1. The van der Waals surface area contributed by atoms with E-state index in [1.807, 2.05) is 19.1 Å². The second kappa shape index (κ2) is 7.47. The van der Waals surface area contributed by atoms with Gasteiger partial charge in [-0.05, 0) is 24.6 Å². The van der Waals surface area contributed by atoms with Gasteiger partial charge < -0.3 is 20.1 Å². The minimum atomic E-state index is -4.52. The van der Waals surface area contributed by atoms with Crippen LogP contribution in [0.15, 0.2) is 48.7 Å². The summed E-state index contributed by atoms with van der Waals surface area (Å²) in [5.74, 6) is 0.488. The zero-order valence-corrected chi connectivity index (χ0v) is 16.9. The zero-order valence-electron chi connectivity index (χ0n) is 16.9. The Hall–Kier alpha value is -3.69. The summed E-state index contributed by atoms with van der Waals surface area (Å²) in [6.07, 6.45) is -3.59. The molecule has 2 N–H and O–H groups in total. The lowest BCUT2D eigenvalue weighted by atomic mass is 9.96. The Balaban J connectivity index is 1.46. The molecule has 0 spiro atoms. The van der Waals surface area contributed by atoms with E-state index < -0.39 is 24.2 Å². The Kier molecular flexibility index (Phi) is 4.72. The number of alkyl halides is 3. The third-order valence-electron chi connectivity index (χ3n) is 5.59. The quantitative estimate of drug-likeness (QED) is 0.605. The number of amides is 1. The van der Waals surface area contributed by atoms with Gasteiger partial charge in [0.15, 0.2) is 17.5 Å². The van der Waals surface area contributed by atoms with Gasteiger partial charge in [-0.3, -0.25) is 4.79 Å². The molecule has 0 fully saturated rings. The van der Waals surface area contributed by atoms with E-state index in [2.05, 4.69) is 15.7 Å². The fourth-order valence-corrected chi connectivity index (χ4v) is 3.92. The van der Waals surface area contributed by atoms with Gasteiger partial charge in [-0.15, -0.1) is 0 Å². The number of nitrogens with one attached hydrogen (secondary N) is 2. The maximum absolute atomic E-state index is 13.8. The van der Waals surface area contributed by atoms with Gasteiger partial charge >= 0.3 is 6.18 Å². The van der Waals surface area contributed by atoms with Gasteiger partial charge in [0, 0.05) is 18.2 Å². The number of rotatable bonds is 3. The number of ether oxygens (including phenoxy) is 2. The van der Waals surface area contributed by atoms with Gasteiger partial charge in [-0.2, -0.15) is 18.3 Å². The molecule has 5 rings (SSSR count). The first kappa shape index (κ1) is 20.2. The van der Waals surface area contributed by atoms with Gasteiger partial charge in [0.05, 0.1) is 12.2 Å². The molecule has 0 unspecified atom stereocenters. The average molecular weight is 444 g/mol. The van der Waals surface area contributed by atoms with Crippen LogP contribution < -0.4 is 20.1 Å². The zero-order chi connectivity index (χ0) is 22.5. The monoisotopic (exact) mass is 444 g/mol. The number of carbonyl (C=O) groups is 1. The minimum Gasteiger partial charge on any atom is -0.454 e. The number of hydrogen-bond donors (Lipinski definition) is 2. The lowest BCUT2D eigenvalue weighted by Crippen LogP contribution is -2.36. The summed E-state index contributed by atoms with van der Waals surface area (Å²) in [4.78, 5) is 12.9. The first-order valence-corrected chi connectivity index (χ1v) is 9.98. The smallest absolute Gasteiger partial charge is 0.410 e. The Morgan fingerprint density at radius 3 is 2.66 bits per heavy atom. The molecule has 0 saturated carbocycles. The highest BCUT2D eigenvalue weighted by atomic mass is 19.4. The van der Waals surface area contributed by atoms with Gasteiger partial charge in [-0.1, -0.05) is 29.8 Å². The molecule has 3 aromatic rings. The fraction of sp³-hybridized carbons (Fsp3) is 0.273. The van der Waals surface area contributed by atoms with Crippen molar-refractivity contribution in [2.45, 2.75) is 31.6 Å². The van der Waals surface area contributed by atoms with E-state index in [9.17, 15) is 18.0 Å². The number of carbonyl (C=O) groups excluding carboxylic acids is 1. The van der Waals surface area contributed by atoms with Crippen molar-refractivity contribution in [3.8, 4) is 11.5 Å². The number of hydrogen-bond acceptors (Lipinski definition) is 5. The first-order chi connectivity index (χ1) is 15.3. The minimum absolute atomic E-state index is 0.0220. The van der Waals surface area contributed by atoms with Gasteiger partial charge in [0.25, 0.3) is 5.91 Å². The SMILES string of the molecule is Cc1ccc([C@H]2C[C@H](C(F)(F)F)n3ncc(C(=O)Nc4ccc5c(c4)OCO5)c3N2)cc1. The molecule has 166 valence electrons. The summed E-state index contributed by atoms with van der Waals surface area (Å²) in [5.41, 5.74) is 2.16. The summed E-state index contributed by atoms with van der Waals surface area (Å²) in [5, 5.41) is 9.67. The summed E-state index contributed by atoms with van der Waals surface area (Å²) >= 11 is 0. The van der Waals surface area contributed by atoms with Crippen LogP contribution in [-0.4, -0.2) is 28.7 Å². The summed E-state index contributed by atoms with van der Waals surface area (Å²) in [7, 11) is 0. The summed E-state index contributed by atoms with van der Waals surface area (Å²) < 4.78 is 52.9. The molecular formula is C22H19F3N4O3. The Bertz CT molecular complexity index is 1170. The molecule has 10 heteroatoms. The number of benzene rings is 2. The third kappa shape index (κ3) is 3.61. The molecule has 2 aliphatic heterocycles. The lowest BCUT2D eigenvalue weighted by molar-refractivity contribution is -0.173. The second-order valence-electron chi connectivity index (χ2n) is 7.77. The van der Waals surface area contributed by atoms with Gasteiger partial charge in [-0.25, -0.2) is 4.68 Å². The van der Waals surface area contributed by atoms with Crippen molar-refractivity contribution < 1.29 is 27.4 Å². The highest BCUT2D eigenvalue weighted by Crippen LogP contribution is 2.44. The van der Waals surface area contributed by atoms with Crippen LogP contribution in [0.3, 0.4) is 0 Å². The van der Waals surface area contributed by atoms with Crippen LogP contribution in [0.5, 0.6) is 11.5 Å². The summed E-state index contributed by atoms with van der Waals surface area (Å²) in [6, 6.07) is 9.67. The molecule has 2 aromatic carbocycles. The Labute approximate surface area is 181 Å². The number of anilines is 2. The molecular weight excluding hydrogens is 425 g/mol. The standard InChI is InChI=1S/C22H19F3N4O3/c1-12-2-4-13(5-3-12)16-9-19(22(23,24)25)29-20(28-16)15(10-26-29)21(30)27-14-6-7-17-18(8-14)32-11-31-17/h2-8,10,16,19,28H,9,11H2,1H3,(H,27,30)/t16-,19-/m1/s1. The van der Waals surface area contributed by atoms with Crippen molar-refractivity contribution in [2.75, 3.05) is 17.4 Å². The number of nitrogens with zero attached hydrogens (tertiary/aromatic N) is 2. The average Bonchev–Trinajstić information content (AvgIpc) is 3.39. The normalized spacial score (nSPS) is 19.2. The van der Waals surface area contributed by atoms with E-state index in [-0.39, 0.29) is 24.6 Å². The Morgan fingerprint density at radius 1 is 1.16 bits per heavy atom. The molecule has 0 bridgehead atoms. The highest BCUT2D eigenvalue weighted by molar-refractivity contribution is 6.07. The third-order valence-corrected chi connectivity index (χ3v) is 5.59. The molecule has 3 heterocycles. The predicted molar refractivity (Wildman–Crippen MR) is 110 cm³/mol. The largest absolute Gasteiger partial charge is 0.454 e. The number of aromatic nitrogens is 2. The van der Waals surface area contributed by atoms with Crippen molar-refractivity contribution in [3.63, 3.8) is 0 Å². The molecule has 1 amide bonds. The number of halogens is 3. The van der Waals surface area contributed by atoms with E-state index in [1.54, 1.807) is 30.3 Å². The van der Waals surface area contributed by atoms with E-state index in [1.165, 1.54) is 0 Å². The molecule has 32 heavy (non-hydrogen) atoms. The molecule has 1 aromatic heterocycles. The summed E-state index contributed by atoms with van der Waals surface area (Å²) in [6.45, 7) is 2.00. The van der Waals surface area contributed by atoms with Crippen LogP contribution in [0.1, 0.15) is 40.0 Å². The topological polar surface area (TPSA) is 77.4 Å². The molecule has 7 nitrogen and oxygen atoms in total. The van der Waals surface area contributed by atoms with Crippen molar-refractivity contribution >= 4 is 17.4 Å². The predicted octanol–water partition coefficient (Wildman–Crippen LogP) is 4.83. The van der Waals surface area contributed by atoms with Crippen LogP contribution in [0.4, 0.5) is 24.7 Å². The van der Waals surface area contributed by atoms with E-state index in [0.717, 1.165) is 16.4 Å². The van der Waals surface area contributed by atoms with Crippen molar-refractivity contribution in [1.29, 1.82) is 0 Å². The molecule has 0 saturated heterocycles. The van der Waals surface area contributed by atoms with Crippen molar-refractivity contribution in [3.05, 3.63) is 65.4 Å². The molecule has 0 radical (unpaired) electrons. The van der Waals surface area contributed by atoms with Crippen LogP contribution >= 0.6 is 0 Å². The highest BCUT2D eigenvalue weighted by Gasteiger charge is 2.47. The van der Waals surface area contributed by atoms with Crippen LogP contribution in [-0.2, 0) is 0 Å². The molecule has 0 aliphatic carbocycles. The fourth-order valence-electron chi connectivity index (χ4n) is 3.92. The van der Waals surface area contributed by atoms with Crippen molar-refractivity contribution in [1.82, 2.24) is 9.78 Å². The van der Waals surface area contributed by atoms with Crippen LogP contribution in [0.25, 0.3) is 0 Å². The van der Waals surface area contributed by atoms with Gasteiger partial charge in [0.1, 0.15) is 11.4 Å². The second-order valence-corrected chi connectivity index (χ2v) is 7.77. The van der Waals surface area contributed by atoms with E-state index in [0.29, 0.717) is 22.7 Å². The Morgan fingerprint density at radius 2 is 1.91 bits per heavy atom. The molecule has 2 atom stereocenters. The van der Waals surface area contributed by atoms with Crippen LogP contribution in [0, 0.1) is 6.92 Å². The first-order valence-electron chi connectivity index (χ1n) is 9.98. The van der Waals surface area contributed by atoms with E-state index >= 15 is 0 Å². The maximum Gasteiger partial charge on any atom is 0.410 e. The van der Waals surface area contributed by atoms with Crippen molar-refractivity contribution in [2.24, 2.45) is 0 Å². The van der Waals surface area contributed by atoms with Crippen LogP contribution in [0.2, 0.25) is 0 Å². The lowest BCUT2D eigenvalue weighted by Gasteiger charge is -2.34. The number of fused-ring (bicyclic) bond motifs is 2. The van der Waals surface area contributed by atoms with Gasteiger partial charge in [0.2, 0.25) is 6.79 Å². The van der Waals surface area contributed by atoms with E-state index in [4.69, 9.17) is 9.47 Å². The maximum atomic E-state index is 13.8.